The number of thiophene rings is 1. The van der Waals surface area contributed by atoms with Gasteiger partial charge < -0.3 is 11.1 Å². The Hall–Kier alpha value is -1.38. The van der Waals surface area contributed by atoms with Gasteiger partial charge in [0.15, 0.2) is 0 Å². The second kappa shape index (κ2) is 6.59. The van der Waals surface area contributed by atoms with Gasteiger partial charge in [-0.25, -0.2) is 0 Å². The highest BCUT2D eigenvalue weighted by molar-refractivity contribution is 7.96. The van der Waals surface area contributed by atoms with Crippen molar-refractivity contribution in [2.45, 2.75) is 13.8 Å². The zero-order valence-corrected chi connectivity index (χ0v) is 14.2. The number of carbonyl (C=O) groups is 1. The van der Waals surface area contributed by atoms with Gasteiger partial charge in [-0.15, -0.1) is 16.4 Å². The number of likely N-dealkylation sites (N-methyl/N-ethyl adjacent to an activating group) is 1. The summed E-state index contributed by atoms with van der Waals surface area (Å²) in [5.74, 6) is -0.151. The lowest BCUT2D eigenvalue weighted by molar-refractivity contribution is 0.0957. The topological polar surface area (TPSA) is 84.1 Å². The molecular weight excluding hydrogens is 306 g/mol. The molecule has 0 aliphatic rings. The Balaban J connectivity index is 2.20. The largest absolute Gasteiger partial charge is 0.397 e. The van der Waals surface area contributed by atoms with Gasteiger partial charge in [0, 0.05) is 18.5 Å². The molecule has 0 fully saturated rings. The Morgan fingerprint density at radius 1 is 1.43 bits per heavy atom. The van der Waals surface area contributed by atoms with Gasteiger partial charge in [0.05, 0.1) is 11.4 Å². The van der Waals surface area contributed by atoms with Crippen LogP contribution in [0.2, 0.25) is 0 Å². The molecule has 1 amide bonds. The Labute approximate surface area is 132 Å². The van der Waals surface area contributed by atoms with E-state index in [4.69, 9.17) is 5.73 Å². The van der Waals surface area contributed by atoms with Crippen molar-refractivity contribution in [3.05, 3.63) is 16.1 Å². The molecule has 0 aliphatic carbocycles. The molecule has 0 saturated heterocycles. The Bertz CT molecular complexity index is 670. The molecule has 6 nitrogen and oxygen atoms in total. The highest BCUT2D eigenvalue weighted by Crippen LogP contribution is 2.34. The molecule has 0 bridgehead atoms. The number of hydrogen-bond donors (Lipinski definition) is 2. The normalized spacial score (nSPS) is 11.3. The highest BCUT2D eigenvalue weighted by atomic mass is 32.2. The minimum Gasteiger partial charge on any atom is -0.397 e. The SMILES string of the molecule is CSN(C)CCNC(=O)c1sc2nnc(C)c(C)c2c1N. The number of aromatic nitrogens is 2. The molecule has 114 valence electrons. The maximum atomic E-state index is 12.2. The number of amides is 1. The number of fused-ring (bicyclic) bond motifs is 1. The van der Waals surface area contributed by atoms with Crippen molar-refractivity contribution in [3.63, 3.8) is 0 Å². The third kappa shape index (κ3) is 3.28. The van der Waals surface area contributed by atoms with Crippen LogP contribution in [-0.4, -0.2) is 46.8 Å². The number of anilines is 1. The van der Waals surface area contributed by atoms with Crippen molar-refractivity contribution >= 4 is 45.1 Å². The van der Waals surface area contributed by atoms with Crippen LogP contribution in [0.3, 0.4) is 0 Å². The van der Waals surface area contributed by atoms with Crippen molar-refractivity contribution < 1.29 is 4.79 Å². The van der Waals surface area contributed by atoms with E-state index in [1.54, 1.807) is 11.9 Å². The van der Waals surface area contributed by atoms with Gasteiger partial charge in [0.2, 0.25) is 0 Å². The molecular formula is C13H19N5OS2. The summed E-state index contributed by atoms with van der Waals surface area (Å²) in [6.45, 7) is 5.19. The quantitative estimate of drug-likeness (QED) is 0.816. The standard InChI is InChI=1S/C13H19N5OS2/c1-7-8(2)16-17-13-9(7)10(14)11(21-13)12(19)15-5-6-18(3)20-4/h5-6,14H2,1-4H3,(H,15,19). The first-order valence-electron chi connectivity index (χ1n) is 6.51. The van der Waals surface area contributed by atoms with Gasteiger partial charge in [-0.05, 0) is 32.7 Å². The summed E-state index contributed by atoms with van der Waals surface area (Å²) in [5.41, 5.74) is 8.45. The molecule has 21 heavy (non-hydrogen) atoms. The van der Waals surface area contributed by atoms with Crippen molar-refractivity contribution in [2.75, 3.05) is 32.1 Å². The van der Waals surface area contributed by atoms with Gasteiger partial charge in [-0.3, -0.25) is 9.10 Å². The van der Waals surface area contributed by atoms with Crippen LogP contribution >= 0.6 is 23.3 Å². The monoisotopic (exact) mass is 325 g/mol. The van der Waals surface area contributed by atoms with E-state index in [2.05, 4.69) is 15.5 Å². The smallest absolute Gasteiger partial charge is 0.263 e. The molecule has 3 N–H and O–H groups in total. The first kappa shape index (κ1) is 16.0. The molecule has 0 aromatic carbocycles. The van der Waals surface area contributed by atoms with Crippen molar-refractivity contribution in [3.8, 4) is 0 Å². The zero-order chi connectivity index (χ0) is 15.6. The molecule has 0 atom stereocenters. The van der Waals surface area contributed by atoms with E-state index in [-0.39, 0.29) is 5.91 Å². The van der Waals surface area contributed by atoms with Crippen LogP contribution in [-0.2, 0) is 0 Å². The third-order valence-electron chi connectivity index (χ3n) is 3.37. The molecule has 0 spiro atoms. The summed E-state index contributed by atoms with van der Waals surface area (Å²) < 4.78 is 2.05. The Morgan fingerprint density at radius 3 is 2.81 bits per heavy atom. The first-order valence-corrected chi connectivity index (χ1v) is 8.50. The molecule has 0 radical (unpaired) electrons. The number of carbonyl (C=O) groups excluding carboxylic acids is 1. The van der Waals surface area contributed by atoms with Crippen molar-refractivity contribution in [2.24, 2.45) is 0 Å². The number of nitrogens with two attached hydrogens (primary N) is 1. The fourth-order valence-corrected chi connectivity index (χ4v) is 3.20. The summed E-state index contributed by atoms with van der Waals surface area (Å²) in [4.78, 5) is 13.5. The van der Waals surface area contributed by atoms with Crippen LogP contribution < -0.4 is 11.1 Å². The minimum absolute atomic E-state index is 0.151. The molecule has 0 saturated carbocycles. The summed E-state index contributed by atoms with van der Waals surface area (Å²) >= 11 is 2.91. The summed E-state index contributed by atoms with van der Waals surface area (Å²) in [7, 11) is 1.98. The van der Waals surface area contributed by atoms with Gasteiger partial charge in [0.1, 0.15) is 9.71 Å². The first-order chi connectivity index (χ1) is 9.95. The zero-order valence-electron chi connectivity index (χ0n) is 12.6. The second-order valence-corrected chi connectivity index (χ2v) is 6.71. The molecule has 8 heteroatoms. The number of rotatable bonds is 5. The van der Waals surface area contributed by atoms with Crippen LogP contribution in [0, 0.1) is 13.8 Å². The van der Waals surface area contributed by atoms with Crippen LogP contribution in [0.15, 0.2) is 0 Å². The summed E-state index contributed by atoms with van der Waals surface area (Å²) in [6, 6.07) is 0. The van der Waals surface area contributed by atoms with Gasteiger partial charge in [0.25, 0.3) is 5.91 Å². The minimum atomic E-state index is -0.151. The molecule has 0 unspecified atom stereocenters. The summed E-state index contributed by atoms with van der Waals surface area (Å²) in [5, 5.41) is 11.9. The van der Waals surface area contributed by atoms with Crippen LogP contribution in [0.1, 0.15) is 20.9 Å². The number of hydrogen-bond acceptors (Lipinski definition) is 7. The van der Waals surface area contributed by atoms with Crippen LogP contribution in [0.5, 0.6) is 0 Å². The number of nitrogens with one attached hydrogen (secondary N) is 1. The average molecular weight is 325 g/mol. The lowest BCUT2D eigenvalue weighted by atomic mass is 10.1. The average Bonchev–Trinajstić information content (AvgIpc) is 2.80. The molecule has 2 aromatic rings. The van der Waals surface area contributed by atoms with Crippen molar-refractivity contribution in [1.29, 1.82) is 0 Å². The van der Waals surface area contributed by atoms with E-state index in [0.29, 0.717) is 21.9 Å². The van der Waals surface area contributed by atoms with Gasteiger partial charge in [-0.1, -0.05) is 11.9 Å². The van der Waals surface area contributed by atoms with E-state index >= 15 is 0 Å². The summed E-state index contributed by atoms with van der Waals surface area (Å²) in [6.07, 6.45) is 2.00. The van der Waals surface area contributed by atoms with Crippen molar-refractivity contribution in [1.82, 2.24) is 19.8 Å². The van der Waals surface area contributed by atoms with E-state index < -0.39 is 0 Å². The van der Waals surface area contributed by atoms with E-state index in [9.17, 15) is 4.79 Å². The van der Waals surface area contributed by atoms with Crippen LogP contribution in [0.25, 0.3) is 10.2 Å². The molecule has 2 heterocycles. The maximum absolute atomic E-state index is 12.2. The highest BCUT2D eigenvalue weighted by Gasteiger charge is 2.19. The molecule has 2 rings (SSSR count). The van der Waals surface area contributed by atoms with Gasteiger partial charge in [-0.2, -0.15) is 5.10 Å². The fraction of sp³-hybridized carbons (Fsp3) is 0.462. The Morgan fingerprint density at radius 2 is 2.14 bits per heavy atom. The number of nitrogens with zero attached hydrogens (tertiary/aromatic N) is 3. The lowest BCUT2D eigenvalue weighted by Gasteiger charge is -2.12. The fourth-order valence-electron chi connectivity index (χ4n) is 1.91. The number of aryl methyl sites for hydroxylation is 2. The predicted octanol–water partition coefficient (Wildman–Crippen LogP) is 1.83. The Kier molecular flexibility index (Phi) is 5.02. The second-order valence-electron chi connectivity index (χ2n) is 4.73. The molecule has 0 aliphatic heterocycles. The maximum Gasteiger partial charge on any atom is 0.263 e. The van der Waals surface area contributed by atoms with E-state index in [0.717, 1.165) is 23.2 Å². The predicted molar refractivity (Wildman–Crippen MR) is 89.8 cm³/mol. The lowest BCUT2D eigenvalue weighted by Crippen LogP contribution is -2.30. The van der Waals surface area contributed by atoms with Gasteiger partial charge >= 0.3 is 0 Å². The number of nitrogen functional groups attached to an aromatic ring is 1. The van der Waals surface area contributed by atoms with Crippen LogP contribution in [0.4, 0.5) is 5.69 Å². The van der Waals surface area contributed by atoms with E-state index in [1.165, 1.54) is 11.3 Å². The molecule has 2 aromatic heterocycles. The third-order valence-corrected chi connectivity index (χ3v) is 5.26. The van der Waals surface area contributed by atoms with E-state index in [1.807, 2.05) is 31.5 Å².